The second-order valence-electron chi connectivity index (χ2n) is 4.52. The first-order chi connectivity index (χ1) is 8.37. The highest BCUT2D eigenvalue weighted by Gasteiger charge is 2.16. The molecule has 0 radical (unpaired) electrons. The first-order valence-corrected chi connectivity index (χ1v) is 6.18. The molecule has 0 unspecified atom stereocenters. The normalized spacial score (nSPS) is 11.8. The van der Waals surface area contributed by atoms with Gasteiger partial charge in [-0.2, -0.15) is 5.26 Å². The number of esters is 1. The number of amidine groups is 1. The Hall–Kier alpha value is -1.87. The van der Waals surface area contributed by atoms with E-state index in [4.69, 9.17) is 5.26 Å². The van der Waals surface area contributed by atoms with E-state index in [1.54, 1.807) is 11.4 Å². The average Bonchev–Trinajstić information content (AvgIpc) is 2.73. The number of hydrogen-bond acceptors (Lipinski definition) is 5. The second kappa shape index (κ2) is 5.65. The molecule has 0 aliphatic heterocycles. The third-order valence-electron chi connectivity index (χ3n) is 1.84. The largest absolute Gasteiger partial charge is 0.465 e. The number of thiophene rings is 1. The molecule has 1 heterocycles. The molecule has 0 fully saturated rings. The topological polar surface area (TPSA) is 74.5 Å². The maximum atomic E-state index is 11.5. The van der Waals surface area contributed by atoms with Gasteiger partial charge in [0.2, 0.25) is 5.84 Å². The van der Waals surface area contributed by atoms with Gasteiger partial charge in [-0.15, -0.1) is 11.3 Å². The summed E-state index contributed by atoms with van der Waals surface area (Å²) >= 11 is 1.25. The predicted octanol–water partition coefficient (Wildman–Crippen LogP) is 2.67. The Morgan fingerprint density at radius 3 is 2.72 bits per heavy atom. The number of carbonyl (C=O) groups is 1. The third-order valence-corrected chi connectivity index (χ3v) is 2.74. The van der Waals surface area contributed by atoms with Gasteiger partial charge >= 0.3 is 5.97 Å². The van der Waals surface area contributed by atoms with Crippen molar-refractivity contribution in [1.82, 2.24) is 0 Å². The molecule has 0 aliphatic rings. The summed E-state index contributed by atoms with van der Waals surface area (Å²) < 4.78 is 4.66. The molecular formula is C12H15N3O2S. The number of carbonyl (C=O) groups excluding carboxylic acids is 1. The molecule has 0 aliphatic carbocycles. The summed E-state index contributed by atoms with van der Waals surface area (Å²) in [6.07, 6.45) is 0. The molecule has 96 valence electrons. The van der Waals surface area contributed by atoms with E-state index in [0.717, 1.165) is 0 Å². The number of rotatable bonds is 2. The van der Waals surface area contributed by atoms with Crippen molar-refractivity contribution in [1.29, 1.82) is 5.26 Å². The zero-order valence-corrected chi connectivity index (χ0v) is 11.6. The van der Waals surface area contributed by atoms with E-state index in [-0.39, 0.29) is 11.4 Å². The summed E-state index contributed by atoms with van der Waals surface area (Å²) in [5.74, 6) is -0.258. The van der Waals surface area contributed by atoms with Crippen LogP contribution in [0, 0.1) is 11.3 Å². The summed E-state index contributed by atoms with van der Waals surface area (Å²) in [5, 5.41) is 13.6. The van der Waals surface area contributed by atoms with Crippen molar-refractivity contribution in [3.05, 3.63) is 16.3 Å². The molecule has 1 aromatic rings. The smallest absolute Gasteiger partial charge is 0.350 e. The molecule has 0 amide bonds. The molecule has 18 heavy (non-hydrogen) atoms. The van der Waals surface area contributed by atoms with Crippen molar-refractivity contribution in [2.75, 3.05) is 12.4 Å². The number of methoxy groups -OCH3 is 1. The molecule has 1 N–H and O–H groups in total. The predicted molar refractivity (Wildman–Crippen MR) is 72.1 cm³/mol. The lowest BCUT2D eigenvalue weighted by Crippen LogP contribution is -2.19. The van der Waals surface area contributed by atoms with Crippen LogP contribution in [0.15, 0.2) is 16.4 Å². The highest BCUT2D eigenvalue weighted by atomic mass is 32.1. The van der Waals surface area contributed by atoms with Crippen molar-refractivity contribution >= 4 is 28.8 Å². The van der Waals surface area contributed by atoms with Gasteiger partial charge in [-0.3, -0.25) is 4.99 Å². The molecule has 0 saturated heterocycles. The second-order valence-corrected chi connectivity index (χ2v) is 5.44. The van der Waals surface area contributed by atoms with E-state index < -0.39 is 5.97 Å². The molecule has 0 saturated carbocycles. The van der Waals surface area contributed by atoms with Gasteiger partial charge in [0.05, 0.1) is 18.3 Å². The van der Waals surface area contributed by atoms with Crippen LogP contribution in [0.3, 0.4) is 0 Å². The lowest BCUT2D eigenvalue weighted by molar-refractivity contribution is 0.0607. The average molecular weight is 265 g/mol. The van der Waals surface area contributed by atoms with Crippen molar-refractivity contribution in [3.63, 3.8) is 0 Å². The van der Waals surface area contributed by atoms with Crippen LogP contribution in [0.4, 0.5) is 5.69 Å². The molecule has 1 aromatic heterocycles. The quantitative estimate of drug-likeness (QED) is 0.507. The minimum atomic E-state index is -0.430. The van der Waals surface area contributed by atoms with Crippen LogP contribution in [0.2, 0.25) is 0 Å². The number of ether oxygens (including phenoxy) is 1. The Labute approximate surface area is 110 Å². The van der Waals surface area contributed by atoms with Gasteiger partial charge < -0.3 is 10.1 Å². The molecule has 0 atom stereocenters. The molecule has 5 nitrogen and oxygen atoms in total. The molecule has 0 spiro atoms. The van der Waals surface area contributed by atoms with E-state index in [1.165, 1.54) is 18.4 Å². The Bertz CT molecular complexity index is 506. The van der Waals surface area contributed by atoms with Gasteiger partial charge in [-0.05, 0) is 32.2 Å². The van der Waals surface area contributed by atoms with E-state index >= 15 is 0 Å². The Morgan fingerprint density at radius 2 is 2.22 bits per heavy atom. The third kappa shape index (κ3) is 3.86. The minimum Gasteiger partial charge on any atom is -0.465 e. The van der Waals surface area contributed by atoms with Gasteiger partial charge in [0.1, 0.15) is 10.9 Å². The lowest BCUT2D eigenvalue weighted by Gasteiger charge is -2.13. The van der Waals surface area contributed by atoms with Crippen LogP contribution in [0.1, 0.15) is 30.4 Å². The highest BCUT2D eigenvalue weighted by Crippen LogP contribution is 2.23. The number of aliphatic imine (C=N–C) groups is 1. The Balaban J connectivity index is 2.98. The number of nitriles is 1. The zero-order valence-electron chi connectivity index (χ0n) is 10.8. The minimum absolute atomic E-state index is 0.172. The fourth-order valence-corrected chi connectivity index (χ4v) is 1.97. The monoisotopic (exact) mass is 265 g/mol. The summed E-state index contributed by atoms with van der Waals surface area (Å²) in [6.45, 7) is 5.67. The van der Waals surface area contributed by atoms with E-state index in [9.17, 15) is 4.79 Å². The van der Waals surface area contributed by atoms with Crippen LogP contribution < -0.4 is 5.32 Å². The van der Waals surface area contributed by atoms with E-state index in [0.29, 0.717) is 10.6 Å². The molecular weight excluding hydrogens is 250 g/mol. The van der Waals surface area contributed by atoms with E-state index in [1.807, 2.05) is 26.8 Å². The number of anilines is 1. The van der Waals surface area contributed by atoms with Gasteiger partial charge in [-0.1, -0.05) is 0 Å². The zero-order chi connectivity index (χ0) is 13.8. The Morgan fingerprint density at radius 1 is 1.56 bits per heavy atom. The molecule has 0 bridgehead atoms. The summed E-state index contributed by atoms with van der Waals surface area (Å²) in [6, 6.07) is 3.69. The maximum absolute atomic E-state index is 11.5. The number of nitrogens with one attached hydrogen (secondary N) is 1. The van der Waals surface area contributed by atoms with Crippen LogP contribution >= 0.6 is 11.3 Å². The van der Waals surface area contributed by atoms with Crippen molar-refractivity contribution in [2.24, 2.45) is 4.99 Å². The highest BCUT2D eigenvalue weighted by molar-refractivity contribution is 7.12. The first kappa shape index (κ1) is 14.2. The van der Waals surface area contributed by atoms with E-state index in [2.05, 4.69) is 15.0 Å². The van der Waals surface area contributed by atoms with Gasteiger partial charge in [0.25, 0.3) is 0 Å². The fraction of sp³-hybridized carbons (Fsp3) is 0.417. The first-order valence-electron chi connectivity index (χ1n) is 5.30. The number of hydrogen-bond donors (Lipinski definition) is 1. The van der Waals surface area contributed by atoms with Gasteiger partial charge in [-0.25, -0.2) is 4.79 Å². The molecule has 1 rings (SSSR count). The van der Waals surface area contributed by atoms with Crippen molar-refractivity contribution in [3.8, 4) is 6.07 Å². The van der Waals surface area contributed by atoms with Crippen LogP contribution in [0.5, 0.6) is 0 Å². The Kier molecular flexibility index (Phi) is 4.45. The lowest BCUT2D eigenvalue weighted by atomic mass is 10.1. The molecule has 6 heteroatoms. The molecule has 0 aromatic carbocycles. The maximum Gasteiger partial charge on any atom is 0.350 e. The van der Waals surface area contributed by atoms with Crippen molar-refractivity contribution in [2.45, 2.75) is 26.3 Å². The van der Waals surface area contributed by atoms with Gasteiger partial charge in [0, 0.05) is 0 Å². The van der Waals surface area contributed by atoms with Crippen molar-refractivity contribution < 1.29 is 9.53 Å². The van der Waals surface area contributed by atoms with Gasteiger partial charge in [0.15, 0.2) is 0 Å². The SMILES string of the molecule is COC(=O)c1sccc1NC(C#N)=NC(C)(C)C. The summed E-state index contributed by atoms with van der Waals surface area (Å²) in [7, 11) is 1.32. The van der Waals surface area contributed by atoms with Crippen LogP contribution in [0.25, 0.3) is 0 Å². The number of nitrogens with zero attached hydrogens (tertiary/aromatic N) is 2. The summed E-state index contributed by atoms with van der Waals surface area (Å²) in [4.78, 5) is 16.1. The van der Waals surface area contributed by atoms with Crippen LogP contribution in [-0.4, -0.2) is 24.5 Å². The fourth-order valence-electron chi connectivity index (χ4n) is 1.20. The van der Waals surface area contributed by atoms with Crippen LogP contribution in [-0.2, 0) is 4.74 Å². The summed E-state index contributed by atoms with van der Waals surface area (Å²) in [5.41, 5.74) is 0.177. The standard InChI is InChI=1S/C12H15N3O2S/c1-12(2,3)15-9(7-13)14-8-5-6-18-10(8)11(16)17-4/h5-6H,1-4H3,(H,14,15).